The maximum Gasteiger partial charge on any atom is 0.201 e. The predicted octanol–water partition coefficient (Wildman–Crippen LogP) is 3.84. The molecule has 0 aliphatic heterocycles. The highest BCUT2D eigenvalue weighted by atomic mass is 16.5. The SMILES string of the molecule is Cc1noc(C)c1-c1ccc2nc(NCc3cccnc3)[nH]c2c1. The van der Waals surface area contributed by atoms with E-state index in [-0.39, 0.29) is 0 Å². The summed E-state index contributed by atoms with van der Waals surface area (Å²) in [7, 11) is 0. The smallest absolute Gasteiger partial charge is 0.201 e. The van der Waals surface area contributed by atoms with Gasteiger partial charge in [-0.25, -0.2) is 4.98 Å². The lowest BCUT2D eigenvalue weighted by molar-refractivity contribution is 0.393. The largest absolute Gasteiger partial charge is 0.361 e. The van der Waals surface area contributed by atoms with E-state index in [4.69, 9.17) is 4.52 Å². The molecule has 120 valence electrons. The van der Waals surface area contributed by atoms with Gasteiger partial charge in [0, 0.05) is 24.5 Å². The molecule has 4 rings (SSSR count). The first-order chi connectivity index (χ1) is 11.7. The number of imidazole rings is 1. The molecule has 0 amide bonds. The molecule has 0 saturated heterocycles. The summed E-state index contributed by atoms with van der Waals surface area (Å²) in [5, 5.41) is 7.31. The topological polar surface area (TPSA) is 79.6 Å². The lowest BCUT2D eigenvalue weighted by Crippen LogP contribution is -2.00. The Labute approximate surface area is 138 Å². The molecule has 0 fully saturated rings. The highest BCUT2D eigenvalue weighted by Gasteiger charge is 2.13. The molecule has 3 aromatic heterocycles. The van der Waals surface area contributed by atoms with Gasteiger partial charge in [-0.2, -0.15) is 0 Å². The van der Waals surface area contributed by atoms with Gasteiger partial charge in [0.05, 0.1) is 16.7 Å². The van der Waals surface area contributed by atoms with Crippen LogP contribution in [0.2, 0.25) is 0 Å². The molecule has 0 saturated carbocycles. The van der Waals surface area contributed by atoms with E-state index in [1.807, 2.05) is 44.3 Å². The maximum atomic E-state index is 5.26. The normalized spacial score (nSPS) is 11.1. The van der Waals surface area contributed by atoms with Gasteiger partial charge < -0.3 is 14.8 Å². The Morgan fingerprint density at radius 3 is 2.88 bits per heavy atom. The van der Waals surface area contributed by atoms with Crippen LogP contribution in [0.4, 0.5) is 5.95 Å². The first-order valence-corrected chi connectivity index (χ1v) is 7.76. The molecule has 0 aliphatic rings. The zero-order chi connectivity index (χ0) is 16.5. The number of aryl methyl sites for hydroxylation is 2. The van der Waals surface area contributed by atoms with Crippen LogP contribution < -0.4 is 5.32 Å². The van der Waals surface area contributed by atoms with Crippen molar-refractivity contribution >= 4 is 17.0 Å². The summed E-state index contributed by atoms with van der Waals surface area (Å²) < 4.78 is 5.26. The fraction of sp³-hybridized carbons (Fsp3) is 0.167. The first-order valence-electron chi connectivity index (χ1n) is 7.76. The Balaban J connectivity index is 1.62. The van der Waals surface area contributed by atoms with Crippen LogP contribution in [0.1, 0.15) is 17.0 Å². The Bertz CT molecular complexity index is 968. The van der Waals surface area contributed by atoms with Crippen LogP contribution in [-0.4, -0.2) is 20.1 Å². The van der Waals surface area contributed by atoms with Crippen LogP contribution in [-0.2, 0) is 6.54 Å². The quantitative estimate of drug-likeness (QED) is 0.597. The molecule has 2 N–H and O–H groups in total. The molecule has 4 aromatic rings. The van der Waals surface area contributed by atoms with Gasteiger partial charge in [0.25, 0.3) is 0 Å². The number of benzene rings is 1. The van der Waals surface area contributed by atoms with Crippen molar-refractivity contribution in [3.63, 3.8) is 0 Å². The molecule has 6 nitrogen and oxygen atoms in total. The number of pyridine rings is 1. The number of aromatic nitrogens is 4. The molecular weight excluding hydrogens is 302 g/mol. The van der Waals surface area contributed by atoms with Crippen molar-refractivity contribution in [2.45, 2.75) is 20.4 Å². The van der Waals surface area contributed by atoms with Crippen molar-refractivity contribution in [1.29, 1.82) is 0 Å². The second-order valence-corrected chi connectivity index (χ2v) is 5.73. The zero-order valence-corrected chi connectivity index (χ0v) is 13.5. The van der Waals surface area contributed by atoms with E-state index in [2.05, 4.69) is 31.5 Å². The molecule has 0 unspecified atom stereocenters. The number of hydrogen-bond donors (Lipinski definition) is 2. The Hall–Kier alpha value is -3.15. The number of H-pyrrole nitrogens is 1. The van der Waals surface area contributed by atoms with Gasteiger partial charge in [-0.1, -0.05) is 17.3 Å². The third kappa shape index (κ3) is 2.62. The summed E-state index contributed by atoms with van der Waals surface area (Å²) in [4.78, 5) is 12.0. The summed E-state index contributed by atoms with van der Waals surface area (Å²) in [6.07, 6.45) is 3.60. The Morgan fingerprint density at radius 1 is 1.21 bits per heavy atom. The molecular formula is C18H17N5O. The van der Waals surface area contributed by atoms with Crippen LogP contribution in [0, 0.1) is 13.8 Å². The van der Waals surface area contributed by atoms with E-state index in [0.29, 0.717) is 6.54 Å². The average Bonchev–Trinajstić information content (AvgIpc) is 3.16. The van der Waals surface area contributed by atoms with Crippen LogP contribution in [0.5, 0.6) is 0 Å². The molecule has 0 atom stereocenters. The van der Waals surface area contributed by atoms with Crippen molar-refractivity contribution in [3.05, 3.63) is 59.7 Å². The number of fused-ring (bicyclic) bond motifs is 1. The number of aromatic amines is 1. The highest BCUT2D eigenvalue weighted by Crippen LogP contribution is 2.29. The van der Waals surface area contributed by atoms with E-state index in [1.165, 1.54) is 0 Å². The van der Waals surface area contributed by atoms with Gasteiger partial charge >= 0.3 is 0 Å². The van der Waals surface area contributed by atoms with Gasteiger partial charge in [-0.05, 0) is 43.2 Å². The molecule has 0 bridgehead atoms. The highest BCUT2D eigenvalue weighted by molar-refractivity contribution is 5.84. The van der Waals surface area contributed by atoms with Crippen molar-refractivity contribution in [2.75, 3.05) is 5.32 Å². The Morgan fingerprint density at radius 2 is 2.12 bits per heavy atom. The molecule has 0 aliphatic carbocycles. The van der Waals surface area contributed by atoms with Crippen molar-refractivity contribution in [2.24, 2.45) is 0 Å². The summed E-state index contributed by atoms with van der Waals surface area (Å²) >= 11 is 0. The molecule has 0 radical (unpaired) electrons. The van der Waals surface area contributed by atoms with Crippen molar-refractivity contribution < 1.29 is 4.52 Å². The fourth-order valence-electron chi connectivity index (χ4n) is 2.83. The third-order valence-corrected chi connectivity index (χ3v) is 3.99. The summed E-state index contributed by atoms with van der Waals surface area (Å²) in [5.41, 5.74) is 5.99. The van der Waals surface area contributed by atoms with Gasteiger partial charge in [0.2, 0.25) is 5.95 Å². The maximum absolute atomic E-state index is 5.26. The number of anilines is 1. The number of nitrogens with zero attached hydrogens (tertiary/aromatic N) is 3. The number of hydrogen-bond acceptors (Lipinski definition) is 5. The monoisotopic (exact) mass is 319 g/mol. The van der Waals surface area contributed by atoms with Crippen LogP contribution in [0.25, 0.3) is 22.2 Å². The molecule has 24 heavy (non-hydrogen) atoms. The van der Waals surface area contributed by atoms with Gasteiger partial charge in [0.1, 0.15) is 5.76 Å². The fourth-order valence-corrected chi connectivity index (χ4v) is 2.83. The lowest BCUT2D eigenvalue weighted by atomic mass is 10.0. The van der Waals surface area contributed by atoms with Gasteiger partial charge in [-0.3, -0.25) is 4.98 Å². The van der Waals surface area contributed by atoms with Crippen LogP contribution in [0.15, 0.2) is 47.2 Å². The zero-order valence-electron chi connectivity index (χ0n) is 13.5. The minimum absolute atomic E-state index is 0.671. The second kappa shape index (κ2) is 5.81. The minimum atomic E-state index is 0.671. The Kier molecular flexibility index (Phi) is 3.49. The molecule has 1 aromatic carbocycles. The van der Waals surface area contributed by atoms with Crippen molar-refractivity contribution in [3.8, 4) is 11.1 Å². The number of rotatable bonds is 4. The lowest BCUT2D eigenvalue weighted by Gasteiger charge is -2.01. The summed E-state index contributed by atoms with van der Waals surface area (Å²) in [6, 6.07) is 10.1. The molecule has 6 heteroatoms. The second-order valence-electron chi connectivity index (χ2n) is 5.73. The van der Waals surface area contributed by atoms with Gasteiger partial charge in [-0.15, -0.1) is 0 Å². The van der Waals surface area contributed by atoms with Crippen LogP contribution >= 0.6 is 0 Å². The molecule has 0 spiro atoms. The number of nitrogens with one attached hydrogen (secondary N) is 2. The molecule has 3 heterocycles. The predicted molar refractivity (Wildman–Crippen MR) is 92.6 cm³/mol. The van der Waals surface area contributed by atoms with Crippen molar-refractivity contribution in [1.82, 2.24) is 20.1 Å². The van der Waals surface area contributed by atoms with Gasteiger partial charge in [0.15, 0.2) is 0 Å². The van der Waals surface area contributed by atoms with E-state index in [1.54, 1.807) is 6.20 Å². The standard InChI is InChI=1S/C18H17N5O/c1-11-17(12(2)24-23-11)14-5-6-15-16(8-14)22-18(21-15)20-10-13-4-3-7-19-9-13/h3-9H,10H2,1-2H3,(H2,20,21,22). The van der Waals surface area contributed by atoms with E-state index in [9.17, 15) is 0 Å². The summed E-state index contributed by atoms with van der Waals surface area (Å²) in [5.74, 6) is 1.56. The van der Waals surface area contributed by atoms with E-state index < -0.39 is 0 Å². The average molecular weight is 319 g/mol. The van der Waals surface area contributed by atoms with E-state index >= 15 is 0 Å². The minimum Gasteiger partial charge on any atom is -0.361 e. The summed E-state index contributed by atoms with van der Waals surface area (Å²) in [6.45, 7) is 4.54. The van der Waals surface area contributed by atoms with Crippen LogP contribution in [0.3, 0.4) is 0 Å². The third-order valence-electron chi connectivity index (χ3n) is 3.99. The van der Waals surface area contributed by atoms with E-state index in [0.717, 1.165) is 45.1 Å². The first kappa shape index (κ1) is 14.4.